The Kier molecular flexibility index (Phi) is 5.41. The third-order valence-electron chi connectivity index (χ3n) is 3.70. The molecule has 2 aromatic rings. The molecule has 2 aromatic carbocycles. The number of halogens is 1. The van der Waals surface area contributed by atoms with Crippen LogP contribution in [0.5, 0.6) is 0 Å². The fraction of sp³-hybridized carbons (Fsp3) is 0.235. The van der Waals surface area contributed by atoms with Gasteiger partial charge in [-0.05, 0) is 49.2 Å². The van der Waals surface area contributed by atoms with Crippen molar-refractivity contribution in [3.63, 3.8) is 0 Å². The smallest absolute Gasteiger partial charge is 0.278 e. The molecular weight excluding hydrogens is 363 g/mol. The molecule has 0 aliphatic carbocycles. The minimum absolute atomic E-state index is 0.0275. The number of carbonyl (C=O) groups excluding carboxylic acids is 1. The van der Waals surface area contributed by atoms with E-state index in [9.17, 15) is 27.7 Å². The highest BCUT2D eigenvalue weighted by Gasteiger charge is 2.27. The number of rotatable bonds is 5. The molecule has 0 radical (unpaired) electrons. The summed E-state index contributed by atoms with van der Waals surface area (Å²) >= 11 is 0. The van der Waals surface area contributed by atoms with E-state index in [0.717, 1.165) is 4.90 Å². The lowest BCUT2D eigenvalue weighted by Gasteiger charge is -2.23. The lowest BCUT2D eigenvalue weighted by molar-refractivity contribution is -0.458. The van der Waals surface area contributed by atoms with Gasteiger partial charge in [0.05, 0.1) is 10.6 Å². The summed E-state index contributed by atoms with van der Waals surface area (Å²) in [5.41, 5.74) is 0.784. The largest absolute Gasteiger partial charge is 0.305 e. The number of nitrogens with zero attached hydrogens (tertiary/aromatic N) is 2. The Bertz CT molecular complexity index is 965. The third kappa shape index (κ3) is 3.88. The molecule has 138 valence electrons. The van der Waals surface area contributed by atoms with Gasteiger partial charge in [-0.3, -0.25) is 19.8 Å². The minimum atomic E-state index is -4.13. The van der Waals surface area contributed by atoms with E-state index < -0.39 is 32.4 Å². The van der Waals surface area contributed by atoms with Crippen LogP contribution in [0.1, 0.15) is 18.1 Å². The van der Waals surface area contributed by atoms with Crippen LogP contribution in [0.3, 0.4) is 0 Å². The van der Waals surface area contributed by atoms with Crippen molar-refractivity contribution in [3.05, 3.63) is 63.5 Å². The van der Waals surface area contributed by atoms with Gasteiger partial charge in [-0.2, -0.15) is 0 Å². The van der Waals surface area contributed by atoms with E-state index in [1.165, 1.54) is 51.1 Å². The zero-order valence-electron chi connectivity index (χ0n) is 14.4. The molecule has 0 unspecified atom stereocenters. The van der Waals surface area contributed by atoms with Gasteiger partial charge in [-0.25, -0.2) is 12.8 Å². The summed E-state index contributed by atoms with van der Waals surface area (Å²) in [5.74, 6) is -2.30. The molecule has 0 bridgehead atoms. The van der Waals surface area contributed by atoms with Crippen LogP contribution < -0.4 is 4.90 Å². The fourth-order valence-corrected chi connectivity index (χ4v) is 4.38. The topological polar surface area (TPSA) is 97.6 Å². The van der Waals surface area contributed by atoms with Gasteiger partial charge in [0.2, 0.25) is 15.7 Å². The maximum Gasteiger partial charge on any atom is 0.305 e. The number of amides is 1. The van der Waals surface area contributed by atoms with E-state index in [1.54, 1.807) is 6.07 Å². The molecule has 2 rings (SSSR count). The lowest BCUT2D eigenvalue weighted by Crippen LogP contribution is -2.24. The summed E-state index contributed by atoms with van der Waals surface area (Å²) < 4.78 is 38.6. The van der Waals surface area contributed by atoms with Crippen LogP contribution in [0.2, 0.25) is 0 Å². The molecule has 0 spiro atoms. The summed E-state index contributed by atoms with van der Waals surface area (Å²) in [7, 11) is -4.13. The SMILES string of the molecule is CC(=O)N(c1cc(C)c(S(=O)(=O)C[N+](=O)[O-])c(C)c1)c1ccccc1F. The van der Waals surface area contributed by atoms with Crippen LogP contribution in [0, 0.1) is 29.8 Å². The number of para-hydroxylation sites is 1. The Morgan fingerprint density at radius 2 is 1.73 bits per heavy atom. The third-order valence-corrected chi connectivity index (χ3v) is 5.51. The Balaban J connectivity index is 2.63. The number of anilines is 2. The van der Waals surface area contributed by atoms with Crippen LogP contribution in [-0.4, -0.2) is 25.1 Å². The van der Waals surface area contributed by atoms with E-state index in [0.29, 0.717) is 0 Å². The van der Waals surface area contributed by atoms with E-state index in [2.05, 4.69) is 0 Å². The van der Waals surface area contributed by atoms with Gasteiger partial charge >= 0.3 is 5.88 Å². The first-order valence-corrected chi connectivity index (χ1v) is 9.21. The van der Waals surface area contributed by atoms with Gasteiger partial charge in [-0.1, -0.05) is 12.1 Å². The Morgan fingerprint density at radius 3 is 2.19 bits per heavy atom. The number of sulfone groups is 1. The monoisotopic (exact) mass is 380 g/mol. The van der Waals surface area contributed by atoms with Crippen molar-refractivity contribution in [1.82, 2.24) is 0 Å². The molecule has 0 aromatic heterocycles. The maximum atomic E-state index is 14.1. The molecule has 7 nitrogen and oxygen atoms in total. The van der Waals surface area contributed by atoms with E-state index in [-0.39, 0.29) is 27.4 Å². The molecule has 0 heterocycles. The van der Waals surface area contributed by atoms with Crippen molar-refractivity contribution < 1.29 is 22.5 Å². The summed E-state index contributed by atoms with van der Waals surface area (Å²) in [6.45, 7) is 4.21. The zero-order chi connectivity index (χ0) is 19.6. The normalized spacial score (nSPS) is 11.2. The molecular formula is C17H17FN2O5S. The number of hydrogen-bond acceptors (Lipinski definition) is 5. The van der Waals surface area contributed by atoms with Gasteiger partial charge in [0.25, 0.3) is 0 Å². The molecule has 9 heteroatoms. The summed E-state index contributed by atoms with van der Waals surface area (Å²) in [4.78, 5) is 22.8. The van der Waals surface area contributed by atoms with Crippen molar-refractivity contribution in [2.24, 2.45) is 0 Å². The van der Waals surface area contributed by atoms with E-state index in [1.807, 2.05) is 0 Å². The maximum absolute atomic E-state index is 14.1. The van der Waals surface area contributed by atoms with Gasteiger partial charge in [0.1, 0.15) is 5.82 Å². The molecule has 26 heavy (non-hydrogen) atoms. The zero-order valence-corrected chi connectivity index (χ0v) is 15.2. The number of benzene rings is 2. The van der Waals surface area contributed by atoms with Crippen LogP contribution in [-0.2, 0) is 14.6 Å². The van der Waals surface area contributed by atoms with Crippen molar-refractivity contribution in [1.29, 1.82) is 0 Å². The quantitative estimate of drug-likeness (QED) is 0.586. The summed E-state index contributed by atoms with van der Waals surface area (Å²) in [6, 6.07) is 8.49. The molecule has 0 atom stereocenters. The highest BCUT2D eigenvalue weighted by Crippen LogP contribution is 2.33. The van der Waals surface area contributed by atoms with Crippen molar-refractivity contribution in [3.8, 4) is 0 Å². The molecule has 0 N–H and O–H groups in total. The molecule has 0 aliphatic heterocycles. The second-order valence-corrected chi connectivity index (χ2v) is 7.69. The standard InChI is InChI=1S/C17H17FN2O5S/c1-11-8-14(9-12(2)17(11)26(24,25)10-19(22)23)20(13(3)21)16-7-5-4-6-15(16)18/h4-9H,10H2,1-3H3. The van der Waals surface area contributed by atoms with Crippen molar-refractivity contribution in [2.45, 2.75) is 25.7 Å². The minimum Gasteiger partial charge on any atom is -0.278 e. The van der Waals surface area contributed by atoms with Crippen molar-refractivity contribution >= 4 is 27.1 Å². The fourth-order valence-electron chi connectivity index (χ4n) is 2.87. The number of carbonyl (C=O) groups is 1. The summed E-state index contributed by atoms with van der Waals surface area (Å²) in [6.07, 6.45) is 0. The van der Waals surface area contributed by atoms with Gasteiger partial charge in [-0.15, -0.1) is 0 Å². The average molecular weight is 380 g/mol. The second-order valence-electron chi connectivity index (χ2n) is 5.79. The second kappa shape index (κ2) is 7.20. The first-order valence-electron chi connectivity index (χ1n) is 7.55. The average Bonchev–Trinajstić information content (AvgIpc) is 2.46. The van der Waals surface area contributed by atoms with Crippen molar-refractivity contribution in [2.75, 3.05) is 10.8 Å². The Labute approximate surface area is 150 Å². The predicted molar refractivity (Wildman–Crippen MR) is 94.2 cm³/mol. The molecule has 0 saturated heterocycles. The summed E-state index contributed by atoms with van der Waals surface area (Å²) in [5, 5.41) is 10.6. The van der Waals surface area contributed by atoms with E-state index in [4.69, 9.17) is 0 Å². The number of nitro groups is 1. The van der Waals surface area contributed by atoms with Crippen LogP contribution in [0.4, 0.5) is 15.8 Å². The molecule has 0 fully saturated rings. The number of hydrogen-bond donors (Lipinski definition) is 0. The highest BCUT2D eigenvalue weighted by atomic mass is 32.2. The first-order chi connectivity index (χ1) is 12.0. The number of aryl methyl sites for hydroxylation is 2. The predicted octanol–water partition coefficient (Wildman–Crippen LogP) is 3.14. The van der Waals surface area contributed by atoms with Crippen LogP contribution in [0.25, 0.3) is 0 Å². The van der Waals surface area contributed by atoms with Crippen LogP contribution in [0.15, 0.2) is 41.3 Å². The lowest BCUT2D eigenvalue weighted by atomic mass is 10.1. The van der Waals surface area contributed by atoms with E-state index >= 15 is 0 Å². The van der Waals surface area contributed by atoms with Crippen LogP contribution >= 0.6 is 0 Å². The molecule has 0 saturated carbocycles. The first kappa shape index (κ1) is 19.5. The molecule has 1 amide bonds. The van der Waals surface area contributed by atoms with Gasteiger partial charge in [0, 0.05) is 17.5 Å². The highest BCUT2D eigenvalue weighted by molar-refractivity contribution is 7.91. The molecule has 0 aliphatic rings. The van der Waals surface area contributed by atoms with Gasteiger partial charge in [0.15, 0.2) is 0 Å². The Hall–Kier alpha value is -2.81. The Morgan fingerprint density at radius 1 is 1.19 bits per heavy atom. The van der Waals surface area contributed by atoms with Gasteiger partial charge < -0.3 is 0 Å².